The van der Waals surface area contributed by atoms with Gasteiger partial charge in [-0.05, 0) is 54.7 Å². The standard InChI is InChI=1S/C24H21N9O/c1-14(29-18(12-26)6-8-25)24-31-20-11-15(2-5-21(20)34-24)23-27-9-7-22(32-23)30-17-3-4-19-16(10-17)13-28-33-19/h2-13,29H,1,25-26H2,(H,28,33)(H,27,30,32)/b8-6-,18-12+. The fraction of sp³-hybridized carbons (Fsp3) is 0. The zero-order valence-corrected chi connectivity index (χ0v) is 18.0. The molecule has 3 heterocycles. The molecule has 0 unspecified atom stereocenters. The highest BCUT2D eigenvalue weighted by Crippen LogP contribution is 2.26. The van der Waals surface area contributed by atoms with Gasteiger partial charge in [0.05, 0.1) is 23.1 Å². The molecule has 0 aliphatic carbocycles. The van der Waals surface area contributed by atoms with Crippen molar-refractivity contribution < 1.29 is 4.42 Å². The van der Waals surface area contributed by atoms with E-state index in [1.165, 1.54) is 12.4 Å². The molecule has 0 aliphatic rings. The summed E-state index contributed by atoms with van der Waals surface area (Å²) in [5.74, 6) is 1.56. The number of nitrogens with two attached hydrogens (primary N) is 2. The molecular weight excluding hydrogens is 430 g/mol. The minimum atomic E-state index is 0.336. The first-order chi connectivity index (χ1) is 16.6. The number of rotatable bonds is 7. The molecule has 0 amide bonds. The van der Waals surface area contributed by atoms with E-state index in [4.69, 9.17) is 15.9 Å². The fourth-order valence-electron chi connectivity index (χ4n) is 3.40. The molecule has 0 aliphatic heterocycles. The Labute approximate surface area is 194 Å². The lowest BCUT2D eigenvalue weighted by atomic mass is 10.2. The number of aromatic amines is 1. The van der Waals surface area contributed by atoms with Gasteiger partial charge in [0.2, 0.25) is 5.89 Å². The number of hydrogen-bond donors (Lipinski definition) is 5. The third-order valence-corrected chi connectivity index (χ3v) is 5.02. The number of anilines is 2. The van der Waals surface area contributed by atoms with Gasteiger partial charge >= 0.3 is 0 Å². The third kappa shape index (κ3) is 4.15. The zero-order valence-electron chi connectivity index (χ0n) is 18.0. The Hall–Kier alpha value is -5.12. The van der Waals surface area contributed by atoms with E-state index in [2.05, 4.69) is 42.4 Å². The summed E-state index contributed by atoms with van der Waals surface area (Å²) in [4.78, 5) is 13.6. The molecule has 0 bridgehead atoms. The molecule has 34 heavy (non-hydrogen) atoms. The summed E-state index contributed by atoms with van der Waals surface area (Å²) < 4.78 is 5.82. The third-order valence-electron chi connectivity index (χ3n) is 5.02. The Morgan fingerprint density at radius 2 is 2.00 bits per heavy atom. The number of aromatic nitrogens is 5. The first kappa shape index (κ1) is 20.8. The summed E-state index contributed by atoms with van der Waals surface area (Å²) in [6.07, 6.45) is 7.84. The van der Waals surface area contributed by atoms with Gasteiger partial charge in [-0.2, -0.15) is 5.10 Å². The Kier molecular flexibility index (Phi) is 5.37. The SMILES string of the molecule is C=C(NC(/C=C\N)=C/N)c1nc2cc(-c3nccc(Nc4ccc5[nH]ncc5c4)n3)ccc2o1. The number of hydrogen-bond acceptors (Lipinski definition) is 9. The van der Waals surface area contributed by atoms with Crippen molar-refractivity contribution in [1.82, 2.24) is 30.5 Å². The molecule has 0 radical (unpaired) electrons. The van der Waals surface area contributed by atoms with Gasteiger partial charge in [-0.1, -0.05) is 6.58 Å². The van der Waals surface area contributed by atoms with Crippen LogP contribution in [0.2, 0.25) is 0 Å². The largest absolute Gasteiger partial charge is 0.435 e. The molecule has 2 aromatic carbocycles. The molecule has 168 valence electrons. The molecule has 5 aromatic rings. The van der Waals surface area contributed by atoms with Gasteiger partial charge in [0.25, 0.3) is 0 Å². The second-order valence-corrected chi connectivity index (χ2v) is 7.35. The van der Waals surface area contributed by atoms with Crippen molar-refractivity contribution in [2.24, 2.45) is 11.5 Å². The van der Waals surface area contributed by atoms with Crippen LogP contribution in [0.5, 0.6) is 0 Å². The number of allylic oxidation sites excluding steroid dienone is 1. The van der Waals surface area contributed by atoms with Crippen LogP contribution in [0.4, 0.5) is 11.5 Å². The molecule has 0 spiro atoms. The van der Waals surface area contributed by atoms with Crippen LogP contribution >= 0.6 is 0 Å². The maximum atomic E-state index is 5.82. The molecule has 3 aromatic heterocycles. The van der Waals surface area contributed by atoms with Crippen molar-refractivity contribution in [3.05, 3.63) is 91.5 Å². The molecule has 10 heteroatoms. The fourth-order valence-corrected chi connectivity index (χ4v) is 3.40. The number of benzene rings is 2. The molecular formula is C24H21N9O. The molecule has 0 fully saturated rings. The Morgan fingerprint density at radius 1 is 1.09 bits per heavy atom. The molecule has 0 saturated heterocycles. The second-order valence-electron chi connectivity index (χ2n) is 7.35. The topological polar surface area (TPSA) is 157 Å². The van der Waals surface area contributed by atoms with Gasteiger partial charge in [0, 0.05) is 29.0 Å². The smallest absolute Gasteiger partial charge is 0.243 e. The van der Waals surface area contributed by atoms with E-state index in [-0.39, 0.29) is 0 Å². The van der Waals surface area contributed by atoms with E-state index in [1.54, 1.807) is 18.5 Å². The Morgan fingerprint density at radius 3 is 2.85 bits per heavy atom. The molecule has 0 saturated carbocycles. The average molecular weight is 451 g/mol. The van der Waals surface area contributed by atoms with E-state index in [1.807, 2.05) is 42.5 Å². The number of nitrogens with one attached hydrogen (secondary N) is 3. The van der Waals surface area contributed by atoms with E-state index in [0.717, 1.165) is 22.2 Å². The first-order valence-electron chi connectivity index (χ1n) is 10.3. The minimum absolute atomic E-state index is 0.336. The minimum Gasteiger partial charge on any atom is -0.435 e. The van der Waals surface area contributed by atoms with Gasteiger partial charge in [0.15, 0.2) is 11.4 Å². The van der Waals surface area contributed by atoms with Crippen LogP contribution in [-0.2, 0) is 0 Å². The van der Waals surface area contributed by atoms with E-state index >= 15 is 0 Å². The average Bonchev–Trinajstić information content (AvgIpc) is 3.50. The summed E-state index contributed by atoms with van der Waals surface area (Å²) in [7, 11) is 0. The summed E-state index contributed by atoms with van der Waals surface area (Å²) in [6.45, 7) is 3.96. The second kappa shape index (κ2) is 8.79. The van der Waals surface area contributed by atoms with Crippen molar-refractivity contribution in [1.29, 1.82) is 0 Å². The van der Waals surface area contributed by atoms with Crippen LogP contribution in [0.3, 0.4) is 0 Å². The predicted octanol–water partition coefficient (Wildman–Crippen LogP) is 3.74. The van der Waals surface area contributed by atoms with Crippen molar-refractivity contribution in [3.63, 3.8) is 0 Å². The van der Waals surface area contributed by atoms with Gasteiger partial charge in [-0.3, -0.25) is 5.10 Å². The summed E-state index contributed by atoms with van der Waals surface area (Å²) in [5, 5.41) is 14.3. The molecule has 10 nitrogen and oxygen atoms in total. The van der Waals surface area contributed by atoms with Crippen molar-refractivity contribution in [2.75, 3.05) is 5.32 Å². The van der Waals surface area contributed by atoms with E-state index in [0.29, 0.717) is 40.0 Å². The Balaban J connectivity index is 1.39. The van der Waals surface area contributed by atoms with Crippen LogP contribution in [0.15, 0.2) is 90.0 Å². The zero-order chi connectivity index (χ0) is 23.5. The molecule has 5 rings (SSSR count). The number of fused-ring (bicyclic) bond motifs is 2. The lowest BCUT2D eigenvalue weighted by Gasteiger charge is -2.07. The highest BCUT2D eigenvalue weighted by atomic mass is 16.3. The van der Waals surface area contributed by atoms with Crippen LogP contribution in [-0.4, -0.2) is 25.1 Å². The van der Waals surface area contributed by atoms with Gasteiger partial charge in [-0.15, -0.1) is 0 Å². The van der Waals surface area contributed by atoms with E-state index < -0.39 is 0 Å². The lowest BCUT2D eigenvalue weighted by molar-refractivity contribution is 0.579. The monoisotopic (exact) mass is 451 g/mol. The van der Waals surface area contributed by atoms with Crippen LogP contribution in [0.1, 0.15) is 5.89 Å². The van der Waals surface area contributed by atoms with Crippen molar-refractivity contribution >= 4 is 39.2 Å². The first-order valence-corrected chi connectivity index (χ1v) is 10.3. The van der Waals surface area contributed by atoms with Gasteiger partial charge < -0.3 is 26.5 Å². The van der Waals surface area contributed by atoms with Crippen molar-refractivity contribution in [2.45, 2.75) is 0 Å². The quantitative estimate of drug-likeness (QED) is 0.233. The van der Waals surface area contributed by atoms with Crippen molar-refractivity contribution in [3.8, 4) is 11.4 Å². The van der Waals surface area contributed by atoms with Crippen LogP contribution < -0.4 is 22.1 Å². The number of nitrogens with zero attached hydrogens (tertiary/aromatic N) is 4. The molecule has 7 N–H and O–H groups in total. The maximum absolute atomic E-state index is 5.82. The highest BCUT2D eigenvalue weighted by molar-refractivity contribution is 5.83. The van der Waals surface area contributed by atoms with E-state index in [9.17, 15) is 0 Å². The van der Waals surface area contributed by atoms with Crippen LogP contribution in [0, 0.1) is 0 Å². The Bertz CT molecular complexity index is 1560. The number of H-pyrrole nitrogens is 1. The van der Waals surface area contributed by atoms with Gasteiger partial charge in [0.1, 0.15) is 11.3 Å². The maximum Gasteiger partial charge on any atom is 0.243 e. The van der Waals surface area contributed by atoms with Gasteiger partial charge in [-0.25, -0.2) is 15.0 Å². The number of oxazole rings is 1. The summed E-state index contributed by atoms with van der Waals surface area (Å²) in [6, 6.07) is 13.3. The highest BCUT2D eigenvalue weighted by Gasteiger charge is 2.12. The summed E-state index contributed by atoms with van der Waals surface area (Å²) in [5.41, 5.74) is 15.9. The lowest BCUT2D eigenvalue weighted by Crippen LogP contribution is -2.11. The summed E-state index contributed by atoms with van der Waals surface area (Å²) >= 11 is 0. The normalized spacial score (nSPS) is 11.9. The predicted molar refractivity (Wildman–Crippen MR) is 132 cm³/mol. The molecule has 0 atom stereocenters. The van der Waals surface area contributed by atoms with Crippen LogP contribution in [0.25, 0.3) is 39.1 Å².